The molecule has 0 aromatic carbocycles. The maximum atomic E-state index is 11.7. The van der Waals surface area contributed by atoms with Crippen LogP contribution >= 0.6 is 11.3 Å². The highest BCUT2D eigenvalue weighted by Gasteiger charge is 2.15. The summed E-state index contributed by atoms with van der Waals surface area (Å²) >= 11 is 1.25. The lowest BCUT2D eigenvalue weighted by atomic mass is 10.3. The number of aromatic nitrogens is 1. The van der Waals surface area contributed by atoms with Gasteiger partial charge >= 0.3 is 0 Å². The van der Waals surface area contributed by atoms with Crippen LogP contribution in [0.3, 0.4) is 0 Å². The lowest BCUT2D eigenvalue weighted by Crippen LogP contribution is -2.24. The van der Waals surface area contributed by atoms with E-state index in [1.807, 2.05) is 13.8 Å². The molecule has 0 atom stereocenters. The van der Waals surface area contributed by atoms with Crippen LogP contribution in [0.5, 0.6) is 0 Å². The molecule has 4 N–H and O–H groups in total. The Balaban J connectivity index is 2.71. The zero-order valence-electron chi connectivity index (χ0n) is 9.46. The van der Waals surface area contributed by atoms with Crippen LogP contribution in [0.1, 0.15) is 23.5 Å². The van der Waals surface area contributed by atoms with Gasteiger partial charge in [0.05, 0.1) is 0 Å². The van der Waals surface area contributed by atoms with Gasteiger partial charge in [-0.3, -0.25) is 4.79 Å². The number of anilines is 2. The van der Waals surface area contributed by atoms with Crippen molar-refractivity contribution >= 4 is 28.2 Å². The third kappa shape index (κ3) is 3.23. The largest absolute Gasteiger partial charge is 0.382 e. The van der Waals surface area contributed by atoms with Crippen molar-refractivity contribution in [2.24, 2.45) is 0 Å². The first-order valence-electron chi connectivity index (χ1n) is 4.97. The fraction of sp³-hybridized carbons (Fsp3) is 0.400. The maximum absolute atomic E-state index is 11.7. The summed E-state index contributed by atoms with van der Waals surface area (Å²) < 4.78 is 0. The fourth-order valence-corrected chi connectivity index (χ4v) is 1.90. The molecular formula is C10H16N4OS. The van der Waals surface area contributed by atoms with E-state index in [1.165, 1.54) is 11.3 Å². The molecule has 0 unspecified atom stereocenters. The van der Waals surface area contributed by atoms with Crippen LogP contribution in [0.2, 0.25) is 0 Å². The minimum absolute atomic E-state index is 0.206. The lowest BCUT2D eigenvalue weighted by Gasteiger charge is -2.02. The van der Waals surface area contributed by atoms with E-state index >= 15 is 0 Å². The van der Waals surface area contributed by atoms with Crippen LogP contribution in [0.15, 0.2) is 12.2 Å². The van der Waals surface area contributed by atoms with Crippen molar-refractivity contribution in [1.82, 2.24) is 10.3 Å². The number of nitrogens with one attached hydrogen (secondary N) is 2. The Morgan fingerprint density at radius 2 is 2.31 bits per heavy atom. The fourth-order valence-electron chi connectivity index (χ4n) is 1.03. The van der Waals surface area contributed by atoms with Crippen LogP contribution in [0.25, 0.3) is 0 Å². The van der Waals surface area contributed by atoms with Crippen molar-refractivity contribution in [2.75, 3.05) is 24.1 Å². The average Bonchev–Trinajstić information content (AvgIpc) is 2.56. The van der Waals surface area contributed by atoms with Crippen molar-refractivity contribution in [3.05, 3.63) is 17.0 Å². The zero-order valence-corrected chi connectivity index (χ0v) is 10.3. The van der Waals surface area contributed by atoms with E-state index in [4.69, 9.17) is 5.73 Å². The number of carbonyl (C=O) groups is 1. The molecule has 88 valence electrons. The Bertz CT molecular complexity index is 400. The normalized spacial score (nSPS) is 9.88. The van der Waals surface area contributed by atoms with E-state index < -0.39 is 0 Å². The topological polar surface area (TPSA) is 80.0 Å². The summed E-state index contributed by atoms with van der Waals surface area (Å²) in [6.45, 7) is 8.71. The Hall–Kier alpha value is -1.56. The van der Waals surface area contributed by atoms with Crippen LogP contribution in [0, 0.1) is 0 Å². The summed E-state index contributed by atoms with van der Waals surface area (Å²) in [6, 6.07) is 0. The predicted octanol–water partition coefficient (Wildman–Crippen LogP) is 1.46. The molecule has 0 saturated carbocycles. The molecule has 0 aliphatic carbocycles. The third-order valence-corrected chi connectivity index (χ3v) is 2.77. The van der Waals surface area contributed by atoms with E-state index in [2.05, 4.69) is 22.2 Å². The molecule has 1 aromatic rings. The summed E-state index contributed by atoms with van der Waals surface area (Å²) in [6.07, 6.45) is 0. The lowest BCUT2D eigenvalue weighted by molar-refractivity contribution is 0.0961. The molecule has 0 radical (unpaired) electrons. The van der Waals surface area contributed by atoms with Gasteiger partial charge in [-0.15, -0.1) is 0 Å². The molecule has 0 spiro atoms. The van der Waals surface area contributed by atoms with Crippen molar-refractivity contribution in [3.63, 3.8) is 0 Å². The molecule has 1 rings (SSSR count). The van der Waals surface area contributed by atoms with E-state index in [-0.39, 0.29) is 11.7 Å². The predicted molar refractivity (Wildman–Crippen MR) is 67.8 cm³/mol. The number of nitrogens with two attached hydrogens (primary N) is 1. The molecular weight excluding hydrogens is 224 g/mol. The van der Waals surface area contributed by atoms with Crippen molar-refractivity contribution in [2.45, 2.75) is 13.8 Å². The summed E-state index contributed by atoms with van der Waals surface area (Å²) in [4.78, 5) is 16.2. The Labute approximate surface area is 98.8 Å². The SMILES string of the molecule is C=C(C)CNC(=O)c1sc(NCC)nc1N. The second-order valence-electron chi connectivity index (χ2n) is 3.40. The molecule has 1 aromatic heterocycles. The number of amides is 1. The molecule has 1 amide bonds. The van der Waals surface area contributed by atoms with Crippen LogP contribution < -0.4 is 16.4 Å². The molecule has 0 bridgehead atoms. The van der Waals surface area contributed by atoms with Crippen molar-refractivity contribution in [3.8, 4) is 0 Å². The van der Waals surface area contributed by atoms with Gasteiger partial charge in [0.25, 0.3) is 5.91 Å². The minimum atomic E-state index is -0.206. The van der Waals surface area contributed by atoms with E-state index in [1.54, 1.807) is 0 Å². The number of nitrogen functional groups attached to an aromatic ring is 1. The molecule has 1 heterocycles. The number of thiazole rings is 1. The van der Waals surface area contributed by atoms with Crippen molar-refractivity contribution in [1.29, 1.82) is 0 Å². The number of rotatable bonds is 5. The zero-order chi connectivity index (χ0) is 12.1. The van der Waals surface area contributed by atoms with Gasteiger partial charge < -0.3 is 16.4 Å². The first-order valence-corrected chi connectivity index (χ1v) is 5.79. The molecule has 0 aliphatic rings. The van der Waals surface area contributed by atoms with Gasteiger partial charge in [-0.1, -0.05) is 23.5 Å². The van der Waals surface area contributed by atoms with E-state index in [0.29, 0.717) is 16.6 Å². The van der Waals surface area contributed by atoms with Gasteiger partial charge in [0.15, 0.2) is 5.13 Å². The Kier molecular flexibility index (Phi) is 4.30. The number of carbonyl (C=O) groups excluding carboxylic acids is 1. The summed E-state index contributed by atoms with van der Waals surface area (Å²) in [5.41, 5.74) is 6.55. The number of nitrogens with zero attached hydrogens (tertiary/aromatic N) is 1. The number of hydrogen-bond acceptors (Lipinski definition) is 5. The molecule has 0 aliphatic heterocycles. The standard InChI is InChI=1S/C10H16N4OS/c1-4-12-10-14-8(11)7(16-10)9(15)13-5-6(2)3/h2,4-5,11H2,1,3H3,(H,12,14)(H,13,15). The quantitative estimate of drug-likeness (QED) is 0.681. The highest BCUT2D eigenvalue weighted by Crippen LogP contribution is 2.24. The second-order valence-corrected chi connectivity index (χ2v) is 4.40. The average molecular weight is 240 g/mol. The Morgan fingerprint density at radius 3 is 2.88 bits per heavy atom. The first kappa shape index (κ1) is 12.5. The first-order chi connectivity index (χ1) is 7.54. The molecule has 5 nitrogen and oxygen atoms in total. The van der Waals surface area contributed by atoms with Crippen LogP contribution in [-0.4, -0.2) is 24.0 Å². The van der Waals surface area contributed by atoms with Crippen molar-refractivity contribution < 1.29 is 4.79 Å². The second kappa shape index (κ2) is 5.50. The third-order valence-electron chi connectivity index (χ3n) is 1.74. The summed E-state index contributed by atoms with van der Waals surface area (Å²) in [7, 11) is 0. The Morgan fingerprint density at radius 1 is 1.62 bits per heavy atom. The van der Waals surface area contributed by atoms with Gasteiger partial charge in [0, 0.05) is 13.1 Å². The highest BCUT2D eigenvalue weighted by atomic mass is 32.1. The smallest absolute Gasteiger partial charge is 0.265 e. The van der Waals surface area contributed by atoms with E-state index in [9.17, 15) is 4.79 Å². The van der Waals surface area contributed by atoms with E-state index in [0.717, 1.165) is 12.1 Å². The maximum Gasteiger partial charge on any atom is 0.265 e. The molecule has 6 heteroatoms. The molecule has 0 fully saturated rings. The minimum Gasteiger partial charge on any atom is -0.382 e. The molecule has 16 heavy (non-hydrogen) atoms. The van der Waals surface area contributed by atoms with Gasteiger partial charge in [-0.25, -0.2) is 4.98 Å². The summed E-state index contributed by atoms with van der Waals surface area (Å²) in [5.74, 6) is 0.0577. The van der Waals surface area contributed by atoms with Gasteiger partial charge in [0.2, 0.25) is 0 Å². The van der Waals surface area contributed by atoms with Crippen LogP contribution in [0.4, 0.5) is 10.9 Å². The monoisotopic (exact) mass is 240 g/mol. The van der Waals surface area contributed by atoms with Gasteiger partial charge in [0.1, 0.15) is 10.7 Å². The molecule has 0 saturated heterocycles. The van der Waals surface area contributed by atoms with Gasteiger partial charge in [-0.2, -0.15) is 0 Å². The highest BCUT2D eigenvalue weighted by molar-refractivity contribution is 7.18. The number of hydrogen-bond donors (Lipinski definition) is 3. The van der Waals surface area contributed by atoms with Crippen LogP contribution in [-0.2, 0) is 0 Å². The summed E-state index contributed by atoms with van der Waals surface area (Å²) in [5, 5.41) is 6.40. The van der Waals surface area contributed by atoms with Gasteiger partial charge in [-0.05, 0) is 13.8 Å².